The molecule has 0 radical (unpaired) electrons. The summed E-state index contributed by atoms with van der Waals surface area (Å²) in [5, 5.41) is 2.71. The number of amides is 2. The highest BCUT2D eigenvalue weighted by atomic mass is 32.2. The zero-order valence-electron chi connectivity index (χ0n) is 21.2. The van der Waals surface area contributed by atoms with Crippen LogP contribution in [-0.2, 0) is 33.7 Å². The fourth-order valence-electron chi connectivity index (χ4n) is 4.70. The molecule has 37 heavy (non-hydrogen) atoms. The van der Waals surface area contributed by atoms with Crippen molar-refractivity contribution in [1.29, 1.82) is 0 Å². The van der Waals surface area contributed by atoms with Crippen LogP contribution in [0.3, 0.4) is 0 Å². The second-order valence-electron chi connectivity index (χ2n) is 9.71. The van der Waals surface area contributed by atoms with E-state index in [0.29, 0.717) is 42.9 Å². The summed E-state index contributed by atoms with van der Waals surface area (Å²) in [6.45, 7) is 4.12. The fourth-order valence-corrected chi connectivity index (χ4v) is 8.47. The first-order valence-electron chi connectivity index (χ1n) is 12.7. The Labute approximate surface area is 221 Å². The Hall–Kier alpha value is -2.47. The number of hydrogen-bond acceptors (Lipinski definition) is 8. The van der Waals surface area contributed by atoms with E-state index < -0.39 is 32.9 Å². The average Bonchev–Trinajstić information content (AvgIpc) is 3.35. The predicted octanol–water partition coefficient (Wildman–Crippen LogP) is 5.13. The molecule has 1 unspecified atom stereocenters. The molecular weight excluding hydrogens is 516 g/mol. The summed E-state index contributed by atoms with van der Waals surface area (Å²) in [6, 6.07) is 10.9. The van der Waals surface area contributed by atoms with E-state index in [1.54, 1.807) is 26.0 Å². The van der Waals surface area contributed by atoms with Crippen molar-refractivity contribution in [3.63, 3.8) is 0 Å². The highest BCUT2D eigenvalue weighted by molar-refractivity contribution is 7.92. The number of thiophene rings is 1. The van der Waals surface area contributed by atoms with Crippen LogP contribution < -0.4 is 10.8 Å². The molecule has 0 saturated carbocycles. The summed E-state index contributed by atoms with van der Waals surface area (Å²) in [6.07, 6.45) is 2.73. The standard InChI is InChI=1S/C26H34N2O7S2/c1-18(2)34-25(30)27-20-9-7-8-19(16-20)21-11-12-22(36-21)26(13-4-6-15-37(26,31)32)17-23(29)28-35-24-10-3-5-14-33-24/h7-9,11-12,16,18,24H,3-6,10,13-15,17H2,1-2H3,(H,27,30)(H,28,29)/t24?,26-/m0/s1. The van der Waals surface area contributed by atoms with Gasteiger partial charge >= 0.3 is 6.09 Å². The van der Waals surface area contributed by atoms with E-state index in [4.69, 9.17) is 14.3 Å². The van der Waals surface area contributed by atoms with Crippen molar-refractivity contribution in [2.75, 3.05) is 17.7 Å². The lowest BCUT2D eigenvalue weighted by Crippen LogP contribution is -2.45. The molecule has 0 aliphatic carbocycles. The van der Waals surface area contributed by atoms with E-state index in [9.17, 15) is 18.0 Å². The van der Waals surface area contributed by atoms with Crippen molar-refractivity contribution in [3.05, 3.63) is 41.3 Å². The maximum atomic E-state index is 13.5. The number of hydrogen-bond donors (Lipinski definition) is 2. The molecule has 2 saturated heterocycles. The monoisotopic (exact) mass is 550 g/mol. The van der Waals surface area contributed by atoms with E-state index >= 15 is 0 Å². The largest absolute Gasteiger partial charge is 0.447 e. The van der Waals surface area contributed by atoms with E-state index in [-0.39, 0.29) is 18.3 Å². The Morgan fingerprint density at radius 1 is 1.16 bits per heavy atom. The Morgan fingerprint density at radius 2 is 2.00 bits per heavy atom. The third-order valence-electron chi connectivity index (χ3n) is 6.52. The second kappa shape index (κ2) is 11.9. The number of ether oxygens (including phenoxy) is 2. The number of carbonyl (C=O) groups excluding carboxylic acids is 2. The molecule has 0 spiro atoms. The highest BCUT2D eigenvalue weighted by Gasteiger charge is 2.49. The van der Waals surface area contributed by atoms with Crippen LogP contribution in [0.15, 0.2) is 36.4 Å². The lowest BCUT2D eigenvalue weighted by molar-refractivity contribution is -0.200. The smallest absolute Gasteiger partial charge is 0.411 e. The fraction of sp³-hybridized carbons (Fsp3) is 0.538. The molecule has 2 aliphatic heterocycles. The van der Waals surface area contributed by atoms with Gasteiger partial charge in [-0.2, -0.15) is 0 Å². The van der Waals surface area contributed by atoms with E-state index in [1.807, 2.05) is 24.3 Å². The summed E-state index contributed by atoms with van der Waals surface area (Å²) in [7, 11) is -3.59. The minimum absolute atomic E-state index is 0.0392. The van der Waals surface area contributed by atoms with Crippen LogP contribution in [-0.4, -0.2) is 45.2 Å². The number of anilines is 1. The molecule has 2 fully saturated rings. The van der Waals surface area contributed by atoms with Crippen LogP contribution in [0.25, 0.3) is 10.4 Å². The van der Waals surface area contributed by atoms with Crippen LogP contribution >= 0.6 is 11.3 Å². The molecule has 0 bridgehead atoms. The molecule has 4 rings (SSSR count). The van der Waals surface area contributed by atoms with E-state index in [1.165, 1.54) is 11.3 Å². The van der Waals surface area contributed by atoms with Crippen LogP contribution in [0, 0.1) is 0 Å². The molecule has 2 amide bonds. The van der Waals surface area contributed by atoms with Gasteiger partial charge in [0.15, 0.2) is 16.1 Å². The molecule has 3 heterocycles. The molecule has 202 valence electrons. The van der Waals surface area contributed by atoms with Gasteiger partial charge in [0, 0.05) is 28.5 Å². The van der Waals surface area contributed by atoms with Gasteiger partial charge in [-0.15, -0.1) is 11.3 Å². The molecule has 2 atom stereocenters. The lowest BCUT2D eigenvalue weighted by Gasteiger charge is -2.35. The van der Waals surface area contributed by atoms with Gasteiger partial charge in [-0.3, -0.25) is 10.1 Å². The van der Waals surface area contributed by atoms with Gasteiger partial charge in [-0.1, -0.05) is 18.6 Å². The summed E-state index contributed by atoms with van der Waals surface area (Å²) in [4.78, 5) is 31.8. The third-order valence-corrected chi connectivity index (χ3v) is 10.6. The first-order valence-corrected chi connectivity index (χ1v) is 15.1. The molecule has 9 nitrogen and oxygen atoms in total. The van der Waals surface area contributed by atoms with Crippen molar-refractivity contribution in [2.45, 2.75) is 75.9 Å². The average molecular weight is 551 g/mol. The van der Waals surface area contributed by atoms with Crippen molar-refractivity contribution in [2.24, 2.45) is 0 Å². The van der Waals surface area contributed by atoms with Gasteiger partial charge < -0.3 is 9.47 Å². The Bertz CT molecular complexity index is 1210. The van der Waals surface area contributed by atoms with Crippen LogP contribution in [0.5, 0.6) is 0 Å². The molecule has 2 aromatic rings. The summed E-state index contributed by atoms with van der Waals surface area (Å²) >= 11 is 1.35. The first kappa shape index (κ1) is 27.6. The van der Waals surface area contributed by atoms with Crippen LogP contribution in [0.4, 0.5) is 10.5 Å². The maximum Gasteiger partial charge on any atom is 0.411 e. The zero-order chi connectivity index (χ0) is 26.5. The van der Waals surface area contributed by atoms with E-state index in [2.05, 4.69) is 10.8 Å². The Morgan fingerprint density at radius 3 is 2.73 bits per heavy atom. The number of rotatable bonds is 8. The minimum Gasteiger partial charge on any atom is -0.447 e. The molecular formula is C26H34N2O7S2. The first-order chi connectivity index (χ1) is 17.7. The SMILES string of the molecule is CC(C)OC(=O)Nc1cccc(-c2ccc([C@@]3(CC(=O)NOC4CCCCO4)CCCCS3(=O)=O)s2)c1. The number of nitrogens with one attached hydrogen (secondary N) is 2. The molecule has 11 heteroatoms. The molecule has 1 aromatic carbocycles. The van der Waals surface area contributed by atoms with Gasteiger partial charge in [0.05, 0.1) is 18.3 Å². The third kappa shape index (κ3) is 6.70. The molecule has 1 aromatic heterocycles. The number of benzene rings is 1. The quantitative estimate of drug-likeness (QED) is 0.437. The zero-order valence-corrected chi connectivity index (χ0v) is 22.8. The van der Waals surface area contributed by atoms with Gasteiger partial charge in [0.2, 0.25) is 5.91 Å². The van der Waals surface area contributed by atoms with Crippen molar-refractivity contribution in [1.82, 2.24) is 5.48 Å². The van der Waals surface area contributed by atoms with Crippen LogP contribution in [0.2, 0.25) is 0 Å². The van der Waals surface area contributed by atoms with Gasteiger partial charge in [-0.05, 0) is 69.4 Å². The number of carbonyl (C=O) groups is 2. The van der Waals surface area contributed by atoms with Gasteiger partial charge in [0.25, 0.3) is 0 Å². The van der Waals surface area contributed by atoms with E-state index in [0.717, 1.165) is 23.3 Å². The summed E-state index contributed by atoms with van der Waals surface area (Å²) in [5.41, 5.74) is 3.83. The second-order valence-corrected chi connectivity index (χ2v) is 13.2. The number of hydroxylamine groups is 1. The van der Waals surface area contributed by atoms with Gasteiger partial charge in [0.1, 0.15) is 4.75 Å². The molecule has 2 N–H and O–H groups in total. The summed E-state index contributed by atoms with van der Waals surface area (Å²) < 4.78 is 36.2. The lowest BCUT2D eigenvalue weighted by atomic mass is 9.94. The number of sulfone groups is 1. The molecule has 2 aliphatic rings. The van der Waals surface area contributed by atoms with Crippen molar-refractivity contribution in [3.8, 4) is 10.4 Å². The Kier molecular flexibility index (Phi) is 8.89. The van der Waals surface area contributed by atoms with Crippen LogP contribution in [0.1, 0.15) is 63.7 Å². The topological polar surface area (TPSA) is 120 Å². The Balaban J connectivity index is 1.54. The highest BCUT2D eigenvalue weighted by Crippen LogP contribution is 2.47. The minimum atomic E-state index is -3.59. The normalized spacial score (nSPS) is 23.4. The van der Waals surface area contributed by atoms with Crippen molar-refractivity contribution >= 4 is 38.9 Å². The summed E-state index contributed by atoms with van der Waals surface area (Å²) in [5.74, 6) is -0.443. The predicted molar refractivity (Wildman–Crippen MR) is 142 cm³/mol. The van der Waals surface area contributed by atoms with Crippen molar-refractivity contribution < 1.29 is 32.3 Å². The van der Waals surface area contributed by atoms with Gasteiger partial charge in [-0.25, -0.2) is 23.5 Å². The maximum absolute atomic E-state index is 13.5.